The molecule has 0 spiro atoms. The fourth-order valence-corrected chi connectivity index (χ4v) is 3.48. The second-order valence-corrected chi connectivity index (χ2v) is 7.04. The van der Waals surface area contributed by atoms with Gasteiger partial charge in [-0.05, 0) is 12.7 Å². The van der Waals surface area contributed by atoms with Gasteiger partial charge in [-0.3, -0.25) is 0 Å². The maximum atomic E-state index is 5.57. The number of rotatable bonds is 7. The first kappa shape index (κ1) is 13.9. The van der Waals surface area contributed by atoms with Crippen LogP contribution in [-0.4, -0.2) is 32.4 Å². The van der Waals surface area contributed by atoms with Crippen LogP contribution in [0.1, 0.15) is 23.5 Å². The molecule has 0 bridgehead atoms. The predicted molar refractivity (Wildman–Crippen MR) is 77.7 cm³/mol. The van der Waals surface area contributed by atoms with Crippen molar-refractivity contribution in [2.75, 3.05) is 17.3 Å². The quantitative estimate of drug-likeness (QED) is 0.578. The van der Waals surface area contributed by atoms with Crippen LogP contribution in [0, 0.1) is 6.92 Å². The first-order valence-corrected chi connectivity index (χ1v) is 8.74. The number of thioether (sulfide) groups is 2. The summed E-state index contributed by atoms with van der Waals surface area (Å²) in [5, 5.41) is 11.8. The van der Waals surface area contributed by atoms with Crippen LogP contribution in [0.15, 0.2) is 15.0 Å². The normalized spacial score (nSPS) is 11.0. The van der Waals surface area contributed by atoms with Gasteiger partial charge in [0.2, 0.25) is 5.89 Å². The molecule has 0 aliphatic carbocycles. The molecule has 2 rings (SSSR count). The molecule has 0 aromatic carbocycles. The van der Waals surface area contributed by atoms with Crippen molar-refractivity contribution in [1.82, 2.24) is 15.2 Å². The number of hydrogen-bond acceptors (Lipinski definition) is 7. The Kier molecular flexibility index (Phi) is 5.52. The molecule has 0 atom stereocenters. The van der Waals surface area contributed by atoms with E-state index in [0.29, 0.717) is 17.5 Å². The topological polar surface area (TPSA) is 51.8 Å². The number of nitrogens with zero attached hydrogens (tertiary/aromatic N) is 3. The molecule has 98 valence electrons. The average molecular weight is 301 g/mol. The number of hydrogen-bond donors (Lipinski definition) is 0. The summed E-state index contributed by atoms with van der Waals surface area (Å²) in [5.74, 6) is 3.92. The lowest BCUT2D eigenvalue weighted by Gasteiger charge is -1.94. The van der Waals surface area contributed by atoms with Crippen LogP contribution in [0.4, 0.5) is 0 Å². The Balaban J connectivity index is 1.82. The molecular weight excluding hydrogens is 286 g/mol. The van der Waals surface area contributed by atoms with E-state index in [9.17, 15) is 0 Å². The lowest BCUT2D eigenvalue weighted by atomic mass is 10.3. The minimum Gasteiger partial charge on any atom is -0.416 e. The van der Waals surface area contributed by atoms with Crippen LogP contribution in [0.3, 0.4) is 0 Å². The van der Waals surface area contributed by atoms with Crippen molar-refractivity contribution in [3.05, 3.63) is 22.0 Å². The van der Waals surface area contributed by atoms with Gasteiger partial charge in [-0.25, -0.2) is 4.98 Å². The average Bonchev–Trinajstić information content (AvgIpc) is 2.95. The molecule has 0 fully saturated rings. The van der Waals surface area contributed by atoms with E-state index in [4.69, 9.17) is 4.42 Å². The van der Waals surface area contributed by atoms with Crippen molar-refractivity contribution in [2.45, 2.75) is 25.5 Å². The van der Waals surface area contributed by atoms with Gasteiger partial charge in [0.1, 0.15) is 0 Å². The van der Waals surface area contributed by atoms with Crippen LogP contribution in [0.2, 0.25) is 0 Å². The summed E-state index contributed by atoms with van der Waals surface area (Å²) in [4.78, 5) is 4.38. The molecule has 18 heavy (non-hydrogen) atoms. The SMILES string of the molecule is CCSCCSc1nnc(Cc2csc(C)n2)o1. The number of aryl methyl sites for hydroxylation is 1. The summed E-state index contributed by atoms with van der Waals surface area (Å²) in [6, 6.07) is 0. The Morgan fingerprint density at radius 3 is 2.94 bits per heavy atom. The van der Waals surface area contributed by atoms with Crippen molar-refractivity contribution < 1.29 is 4.42 Å². The fraction of sp³-hybridized carbons (Fsp3) is 0.545. The molecule has 0 aliphatic rings. The molecular formula is C11H15N3OS3. The van der Waals surface area contributed by atoms with Crippen LogP contribution in [-0.2, 0) is 6.42 Å². The Labute approximate surface area is 119 Å². The summed E-state index contributed by atoms with van der Waals surface area (Å²) in [6.07, 6.45) is 0.627. The van der Waals surface area contributed by atoms with E-state index in [0.717, 1.165) is 28.0 Å². The Bertz CT molecular complexity index is 483. The summed E-state index contributed by atoms with van der Waals surface area (Å²) < 4.78 is 5.57. The summed E-state index contributed by atoms with van der Waals surface area (Å²) in [6.45, 7) is 4.16. The molecule has 0 N–H and O–H groups in total. The summed E-state index contributed by atoms with van der Waals surface area (Å²) in [5.41, 5.74) is 0.999. The molecule has 0 unspecified atom stereocenters. The second kappa shape index (κ2) is 7.16. The van der Waals surface area contributed by atoms with E-state index in [1.165, 1.54) is 0 Å². The minimum absolute atomic E-state index is 0.627. The molecule has 2 aromatic heterocycles. The molecule has 0 saturated heterocycles. The van der Waals surface area contributed by atoms with Gasteiger partial charge in [0, 0.05) is 16.9 Å². The molecule has 4 nitrogen and oxygen atoms in total. The molecule has 2 heterocycles. The maximum Gasteiger partial charge on any atom is 0.276 e. The Morgan fingerprint density at radius 1 is 1.33 bits per heavy atom. The zero-order chi connectivity index (χ0) is 12.8. The van der Waals surface area contributed by atoms with Gasteiger partial charge in [0.15, 0.2) is 0 Å². The third-order valence-corrected chi connectivity index (χ3v) is 4.91. The Morgan fingerprint density at radius 2 is 2.22 bits per heavy atom. The first-order valence-electron chi connectivity index (χ1n) is 5.72. The third kappa shape index (κ3) is 4.29. The van der Waals surface area contributed by atoms with E-state index >= 15 is 0 Å². The van der Waals surface area contributed by atoms with E-state index in [2.05, 4.69) is 22.1 Å². The van der Waals surface area contributed by atoms with Crippen molar-refractivity contribution in [1.29, 1.82) is 0 Å². The summed E-state index contributed by atoms with van der Waals surface area (Å²) in [7, 11) is 0. The molecule has 7 heteroatoms. The van der Waals surface area contributed by atoms with Crippen LogP contribution in [0.5, 0.6) is 0 Å². The van der Waals surface area contributed by atoms with Crippen molar-refractivity contribution in [3.63, 3.8) is 0 Å². The monoisotopic (exact) mass is 301 g/mol. The van der Waals surface area contributed by atoms with Crippen LogP contribution >= 0.6 is 34.9 Å². The maximum absolute atomic E-state index is 5.57. The van der Waals surface area contributed by atoms with Crippen molar-refractivity contribution in [3.8, 4) is 0 Å². The van der Waals surface area contributed by atoms with E-state index in [-0.39, 0.29) is 0 Å². The highest BCUT2D eigenvalue weighted by Gasteiger charge is 2.09. The molecule has 2 aromatic rings. The zero-order valence-electron chi connectivity index (χ0n) is 10.4. The largest absolute Gasteiger partial charge is 0.416 e. The highest BCUT2D eigenvalue weighted by Crippen LogP contribution is 2.19. The molecule has 0 amide bonds. The van der Waals surface area contributed by atoms with E-state index in [1.807, 2.05) is 24.1 Å². The number of thiazole rings is 1. The standard InChI is InChI=1S/C11H15N3OS3/c1-3-16-4-5-17-11-14-13-10(15-11)6-9-7-18-8(2)12-9/h7H,3-6H2,1-2H3. The van der Waals surface area contributed by atoms with Crippen LogP contribution in [0.25, 0.3) is 0 Å². The van der Waals surface area contributed by atoms with Crippen LogP contribution < -0.4 is 0 Å². The second-order valence-electron chi connectivity index (χ2n) is 3.54. The predicted octanol–water partition coefficient (Wildman–Crippen LogP) is 3.27. The highest BCUT2D eigenvalue weighted by atomic mass is 32.2. The molecule has 0 radical (unpaired) electrons. The van der Waals surface area contributed by atoms with Gasteiger partial charge in [0.25, 0.3) is 5.22 Å². The zero-order valence-corrected chi connectivity index (χ0v) is 12.8. The lowest BCUT2D eigenvalue weighted by Crippen LogP contribution is -1.88. The first-order chi connectivity index (χ1) is 8.78. The minimum atomic E-state index is 0.627. The van der Waals surface area contributed by atoms with Gasteiger partial charge < -0.3 is 4.42 Å². The van der Waals surface area contributed by atoms with E-state index in [1.54, 1.807) is 23.1 Å². The highest BCUT2D eigenvalue weighted by molar-refractivity contribution is 8.02. The van der Waals surface area contributed by atoms with Crippen molar-refractivity contribution >= 4 is 34.9 Å². The third-order valence-electron chi connectivity index (χ3n) is 2.10. The smallest absolute Gasteiger partial charge is 0.276 e. The lowest BCUT2D eigenvalue weighted by molar-refractivity contribution is 0.419. The Hall–Kier alpha value is -0.530. The van der Waals surface area contributed by atoms with Gasteiger partial charge in [0.05, 0.1) is 17.1 Å². The number of aromatic nitrogens is 3. The molecule has 0 saturated carbocycles. The van der Waals surface area contributed by atoms with Gasteiger partial charge >= 0.3 is 0 Å². The van der Waals surface area contributed by atoms with Gasteiger partial charge in [-0.1, -0.05) is 18.7 Å². The molecule has 0 aliphatic heterocycles. The van der Waals surface area contributed by atoms with Gasteiger partial charge in [-0.15, -0.1) is 21.5 Å². The fourth-order valence-electron chi connectivity index (χ4n) is 1.34. The van der Waals surface area contributed by atoms with Crippen molar-refractivity contribution in [2.24, 2.45) is 0 Å². The van der Waals surface area contributed by atoms with Gasteiger partial charge in [-0.2, -0.15) is 11.8 Å². The van der Waals surface area contributed by atoms with E-state index < -0.39 is 0 Å². The summed E-state index contributed by atoms with van der Waals surface area (Å²) >= 11 is 5.18.